The van der Waals surface area contributed by atoms with E-state index < -0.39 is 5.91 Å². The zero-order chi connectivity index (χ0) is 14.3. The first-order valence-electron chi connectivity index (χ1n) is 6.87. The van der Waals surface area contributed by atoms with E-state index in [4.69, 9.17) is 11.5 Å². The molecule has 0 saturated heterocycles. The number of carbonyl (C=O) groups excluding carboxylic acids is 1. The molecule has 0 saturated carbocycles. The maximum atomic E-state index is 11.1. The lowest BCUT2D eigenvalue weighted by atomic mass is 10.1. The summed E-state index contributed by atoms with van der Waals surface area (Å²) in [5.41, 5.74) is 11.8. The van der Waals surface area contributed by atoms with Crippen LogP contribution in [0.2, 0.25) is 0 Å². The van der Waals surface area contributed by atoms with Crippen molar-refractivity contribution in [2.75, 3.05) is 11.1 Å². The number of anilines is 2. The Bertz CT molecular complexity index is 420. The normalized spacial score (nSPS) is 12.1. The number of hydrogen-bond acceptors (Lipinski definition) is 4. The van der Waals surface area contributed by atoms with E-state index in [1.54, 1.807) is 6.07 Å². The molecule has 0 aromatic carbocycles. The molecule has 5 nitrogen and oxygen atoms in total. The largest absolute Gasteiger partial charge is 0.396 e. The second kappa shape index (κ2) is 7.61. The first-order valence-corrected chi connectivity index (χ1v) is 6.87. The second-order valence-electron chi connectivity index (χ2n) is 4.89. The molecule has 0 aliphatic heterocycles. The number of primary amides is 1. The quantitative estimate of drug-likeness (QED) is 0.629. The maximum absolute atomic E-state index is 11.1. The Hall–Kier alpha value is -1.78. The molecular formula is C14H24N4O. The highest BCUT2D eigenvalue weighted by Gasteiger charge is 2.09. The summed E-state index contributed by atoms with van der Waals surface area (Å²) in [6.07, 6.45) is 5.98. The predicted octanol–water partition coefficient (Wildman–Crippen LogP) is 2.53. The lowest BCUT2D eigenvalue weighted by Crippen LogP contribution is -2.19. The predicted molar refractivity (Wildman–Crippen MR) is 79.0 cm³/mol. The van der Waals surface area contributed by atoms with Crippen molar-refractivity contribution in [3.8, 4) is 0 Å². The van der Waals surface area contributed by atoms with E-state index in [0.29, 0.717) is 11.5 Å². The molecule has 0 fully saturated rings. The van der Waals surface area contributed by atoms with Gasteiger partial charge in [0.25, 0.3) is 5.91 Å². The fraction of sp³-hybridized carbons (Fsp3) is 0.571. The number of rotatable bonds is 8. The van der Waals surface area contributed by atoms with E-state index in [-0.39, 0.29) is 11.7 Å². The molecule has 0 radical (unpaired) electrons. The second-order valence-corrected chi connectivity index (χ2v) is 4.89. The van der Waals surface area contributed by atoms with E-state index in [2.05, 4.69) is 24.1 Å². The molecule has 1 amide bonds. The van der Waals surface area contributed by atoms with Crippen LogP contribution < -0.4 is 16.8 Å². The average molecular weight is 264 g/mol. The van der Waals surface area contributed by atoms with E-state index >= 15 is 0 Å². The Labute approximate surface area is 114 Å². The van der Waals surface area contributed by atoms with Crippen LogP contribution in [0.5, 0.6) is 0 Å². The Balaban J connectivity index is 2.55. The van der Waals surface area contributed by atoms with Crippen LogP contribution in [-0.2, 0) is 0 Å². The molecule has 1 unspecified atom stereocenters. The summed E-state index contributed by atoms with van der Waals surface area (Å²) in [6.45, 7) is 4.28. The molecule has 1 atom stereocenters. The summed E-state index contributed by atoms with van der Waals surface area (Å²) in [5, 5.41) is 3.24. The van der Waals surface area contributed by atoms with Crippen molar-refractivity contribution in [2.24, 2.45) is 5.73 Å². The lowest BCUT2D eigenvalue weighted by Gasteiger charge is -2.16. The number of pyridine rings is 1. The minimum atomic E-state index is -0.543. The molecule has 1 rings (SSSR count). The van der Waals surface area contributed by atoms with Gasteiger partial charge in [0.05, 0.1) is 5.69 Å². The van der Waals surface area contributed by atoms with Gasteiger partial charge in [-0.25, -0.2) is 4.98 Å². The van der Waals surface area contributed by atoms with Gasteiger partial charge >= 0.3 is 0 Å². The highest BCUT2D eigenvalue weighted by molar-refractivity contribution is 5.91. The number of carbonyl (C=O) groups is 1. The highest BCUT2D eigenvalue weighted by Crippen LogP contribution is 2.18. The van der Waals surface area contributed by atoms with Crippen LogP contribution in [0.1, 0.15) is 56.4 Å². The van der Waals surface area contributed by atoms with Crippen molar-refractivity contribution in [1.29, 1.82) is 0 Å². The van der Waals surface area contributed by atoms with Crippen molar-refractivity contribution in [3.63, 3.8) is 0 Å². The van der Waals surface area contributed by atoms with Crippen LogP contribution in [-0.4, -0.2) is 16.9 Å². The highest BCUT2D eigenvalue weighted by atomic mass is 16.1. The van der Waals surface area contributed by atoms with Crippen LogP contribution in [0, 0.1) is 0 Å². The van der Waals surface area contributed by atoms with Gasteiger partial charge in [0.15, 0.2) is 0 Å². The van der Waals surface area contributed by atoms with Crippen LogP contribution in [0.4, 0.5) is 11.5 Å². The van der Waals surface area contributed by atoms with Gasteiger partial charge in [0, 0.05) is 6.04 Å². The molecule has 0 spiro atoms. The van der Waals surface area contributed by atoms with Crippen molar-refractivity contribution in [3.05, 3.63) is 17.8 Å². The number of nitrogens with zero attached hydrogens (tertiary/aromatic N) is 1. The number of hydrogen-bond donors (Lipinski definition) is 3. The molecule has 0 aliphatic carbocycles. The number of nitrogens with two attached hydrogens (primary N) is 2. The van der Waals surface area contributed by atoms with Gasteiger partial charge in [0.1, 0.15) is 11.5 Å². The third kappa shape index (κ3) is 5.16. The molecule has 0 bridgehead atoms. The number of amides is 1. The maximum Gasteiger partial charge on any atom is 0.267 e. The van der Waals surface area contributed by atoms with Gasteiger partial charge in [-0.3, -0.25) is 4.79 Å². The monoisotopic (exact) mass is 264 g/mol. The number of aromatic nitrogens is 1. The van der Waals surface area contributed by atoms with E-state index in [0.717, 1.165) is 6.42 Å². The molecule has 5 N–H and O–H groups in total. The minimum absolute atomic E-state index is 0.231. The molecule has 1 heterocycles. The van der Waals surface area contributed by atoms with Crippen molar-refractivity contribution in [2.45, 2.75) is 52.0 Å². The van der Waals surface area contributed by atoms with Crippen molar-refractivity contribution < 1.29 is 4.79 Å². The SMILES string of the molecule is CCCCCCC(C)Nc1nc(C(N)=O)ccc1N. The average Bonchev–Trinajstić information content (AvgIpc) is 2.37. The van der Waals surface area contributed by atoms with Gasteiger partial charge in [-0.2, -0.15) is 0 Å². The van der Waals surface area contributed by atoms with Crippen LogP contribution in [0.15, 0.2) is 12.1 Å². The van der Waals surface area contributed by atoms with E-state index in [1.165, 1.54) is 31.7 Å². The number of unbranched alkanes of at least 4 members (excludes halogenated alkanes) is 3. The smallest absolute Gasteiger partial charge is 0.267 e. The van der Waals surface area contributed by atoms with E-state index in [9.17, 15) is 4.79 Å². The third-order valence-electron chi connectivity index (χ3n) is 3.05. The molecule has 1 aromatic heterocycles. The third-order valence-corrected chi connectivity index (χ3v) is 3.05. The summed E-state index contributed by atoms with van der Waals surface area (Å²) in [4.78, 5) is 15.2. The molecule has 1 aromatic rings. The summed E-state index contributed by atoms with van der Waals surface area (Å²) in [7, 11) is 0. The molecule has 106 valence electrons. The first kappa shape index (κ1) is 15.3. The number of nitrogen functional groups attached to an aromatic ring is 1. The standard InChI is InChI=1S/C14H24N4O/c1-3-4-5-6-7-10(2)17-14-11(15)8-9-12(18-14)13(16)19/h8-10H,3-7,15H2,1-2H3,(H2,16,19)(H,17,18). The Morgan fingerprint density at radius 3 is 2.74 bits per heavy atom. The lowest BCUT2D eigenvalue weighted by molar-refractivity contribution is 0.0995. The van der Waals surface area contributed by atoms with Gasteiger partial charge in [-0.15, -0.1) is 0 Å². The van der Waals surface area contributed by atoms with Crippen molar-refractivity contribution >= 4 is 17.4 Å². The molecule has 19 heavy (non-hydrogen) atoms. The van der Waals surface area contributed by atoms with Gasteiger partial charge < -0.3 is 16.8 Å². The zero-order valence-electron chi connectivity index (χ0n) is 11.8. The van der Waals surface area contributed by atoms with Crippen LogP contribution >= 0.6 is 0 Å². The number of nitrogens with one attached hydrogen (secondary N) is 1. The fourth-order valence-corrected chi connectivity index (χ4v) is 1.91. The topological polar surface area (TPSA) is 94.0 Å². The Kier molecular flexibility index (Phi) is 6.12. The Morgan fingerprint density at radius 1 is 1.37 bits per heavy atom. The fourth-order valence-electron chi connectivity index (χ4n) is 1.91. The summed E-state index contributed by atoms with van der Waals surface area (Å²) in [5.74, 6) is -0.00191. The van der Waals surface area contributed by atoms with Crippen molar-refractivity contribution in [1.82, 2.24) is 4.98 Å². The minimum Gasteiger partial charge on any atom is -0.396 e. The Morgan fingerprint density at radius 2 is 2.11 bits per heavy atom. The van der Waals surface area contributed by atoms with Crippen LogP contribution in [0.25, 0.3) is 0 Å². The summed E-state index contributed by atoms with van der Waals surface area (Å²) < 4.78 is 0. The first-order chi connectivity index (χ1) is 9.04. The van der Waals surface area contributed by atoms with E-state index in [1.807, 2.05) is 0 Å². The van der Waals surface area contributed by atoms with Crippen LogP contribution in [0.3, 0.4) is 0 Å². The zero-order valence-corrected chi connectivity index (χ0v) is 11.8. The summed E-state index contributed by atoms with van der Waals surface area (Å²) >= 11 is 0. The summed E-state index contributed by atoms with van der Waals surface area (Å²) in [6, 6.07) is 3.46. The molecule has 5 heteroatoms. The molecule has 0 aliphatic rings. The van der Waals surface area contributed by atoms with Gasteiger partial charge in [-0.1, -0.05) is 32.6 Å². The van der Waals surface area contributed by atoms with Gasteiger partial charge in [-0.05, 0) is 25.5 Å². The molecular weight excluding hydrogens is 240 g/mol. The van der Waals surface area contributed by atoms with Gasteiger partial charge in [0.2, 0.25) is 0 Å².